The van der Waals surface area contributed by atoms with Crippen molar-refractivity contribution in [2.24, 2.45) is 0 Å². The second-order valence-corrected chi connectivity index (χ2v) is 3.74. The third-order valence-electron chi connectivity index (χ3n) is 1.59. The molecular weight excluding hydrogens is 204 g/mol. The molecule has 78 valence electrons. The van der Waals surface area contributed by atoms with Gasteiger partial charge >= 0.3 is 10.4 Å². The SMILES string of the molecule is O=S(=O)(O)OCC1OC(O)C[C@@H]1O. The largest absolute Gasteiger partial charge is 0.397 e. The topological polar surface area (TPSA) is 113 Å². The van der Waals surface area contributed by atoms with E-state index in [1.54, 1.807) is 0 Å². The molecule has 3 atom stereocenters. The summed E-state index contributed by atoms with van der Waals surface area (Å²) in [5.41, 5.74) is 0. The lowest BCUT2D eigenvalue weighted by atomic mass is 10.2. The van der Waals surface area contributed by atoms with Crippen LogP contribution in [0, 0.1) is 0 Å². The molecule has 1 fully saturated rings. The molecule has 1 aliphatic rings. The van der Waals surface area contributed by atoms with Crippen molar-refractivity contribution in [1.82, 2.24) is 0 Å². The van der Waals surface area contributed by atoms with E-state index in [1.807, 2.05) is 0 Å². The summed E-state index contributed by atoms with van der Waals surface area (Å²) in [5.74, 6) is 0. The van der Waals surface area contributed by atoms with Gasteiger partial charge in [-0.2, -0.15) is 8.42 Å². The Morgan fingerprint density at radius 1 is 1.46 bits per heavy atom. The lowest BCUT2D eigenvalue weighted by Gasteiger charge is -2.11. The molecule has 0 aromatic rings. The van der Waals surface area contributed by atoms with E-state index in [2.05, 4.69) is 8.92 Å². The summed E-state index contributed by atoms with van der Waals surface area (Å²) in [5, 5.41) is 18.0. The lowest BCUT2D eigenvalue weighted by Crippen LogP contribution is -2.27. The normalized spacial score (nSPS) is 35.2. The Balaban J connectivity index is 2.38. The minimum atomic E-state index is -4.53. The monoisotopic (exact) mass is 214 g/mol. The summed E-state index contributed by atoms with van der Waals surface area (Å²) in [6.45, 7) is -0.517. The van der Waals surface area contributed by atoms with Gasteiger partial charge in [0.25, 0.3) is 0 Å². The fourth-order valence-corrected chi connectivity index (χ4v) is 1.32. The zero-order valence-corrected chi connectivity index (χ0v) is 7.35. The van der Waals surface area contributed by atoms with E-state index < -0.39 is 35.5 Å². The van der Waals surface area contributed by atoms with Crippen LogP contribution in [0.5, 0.6) is 0 Å². The van der Waals surface area contributed by atoms with E-state index in [0.29, 0.717) is 0 Å². The van der Waals surface area contributed by atoms with Crippen LogP contribution in [0.15, 0.2) is 0 Å². The van der Waals surface area contributed by atoms with E-state index in [4.69, 9.17) is 14.8 Å². The van der Waals surface area contributed by atoms with Crippen LogP contribution in [0.25, 0.3) is 0 Å². The molecular formula is C5H10O7S. The van der Waals surface area contributed by atoms with Crippen LogP contribution in [-0.2, 0) is 19.3 Å². The zero-order valence-electron chi connectivity index (χ0n) is 6.53. The first-order valence-corrected chi connectivity index (χ1v) is 4.88. The van der Waals surface area contributed by atoms with Gasteiger partial charge in [0, 0.05) is 6.42 Å². The second-order valence-electron chi connectivity index (χ2n) is 2.64. The van der Waals surface area contributed by atoms with E-state index >= 15 is 0 Å². The maximum atomic E-state index is 10.1. The molecule has 1 rings (SSSR count). The van der Waals surface area contributed by atoms with Crippen LogP contribution in [0.2, 0.25) is 0 Å². The third kappa shape index (κ3) is 3.55. The minimum Gasteiger partial charge on any atom is -0.390 e. The highest BCUT2D eigenvalue weighted by Gasteiger charge is 2.33. The molecule has 1 heterocycles. The highest BCUT2D eigenvalue weighted by molar-refractivity contribution is 7.80. The summed E-state index contributed by atoms with van der Waals surface area (Å²) in [7, 11) is -4.53. The molecule has 0 radical (unpaired) electrons. The molecule has 2 unspecified atom stereocenters. The molecule has 13 heavy (non-hydrogen) atoms. The highest BCUT2D eigenvalue weighted by Crippen LogP contribution is 2.18. The van der Waals surface area contributed by atoms with Gasteiger partial charge < -0.3 is 14.9 Å². The van der Waals surface area contributed by atoms with Crippen molar-refractivity contribution in [1.29, 1.82) is 0 Å². The number of aliphatic hydroxyl groups is 2. The van der Waals surface area contributed by atoms with Gasteiger partial charge in [-0.15, -0.1) is 0 Å². The highest BCUT2D eigenvalue weighted by atomic mass is 32.3. The van der Waals surface area contributed by atoms with Gasteiger partial charge in [-0.3, -0.25) is 4.55 Å². The van der Waals surface area contributed by atoms with Crippen LogP contribution in [0.4, 0.5) is 0 Å². The molecule has 1 saturated heterocycles. The maximum absolute atomic E-state index is 10.1. The number of ether oxygens (including phenoxy) is 1. The minimum absolute atomic E-state index is 0.000493. The predicted molar refractivity (Wildman–Crippen MR) is 39.0 cm³/mol. The molecule has 0 aliphatic carbocycles. The lowest BCUT2D eigenvalue weighted by molar-refractivity contribution is -0.105. The first kappa shape index (κ1) is 10.8. The summed E-state index contributed by atoms with van der Waals surface area (Å²) < 4.78 is 37.0. The van der Waals surface area contributed by atoms with Crippen molar-refractivity contribution in [3.8, 4) is 0 Å². The molecule has 0 saturated carbocycles. The predicted octanol–water partition coefficient (Wildman–Crippen LogP) is -1.73. The van der Waals surface area contributed by atoms with Gasteiger partial charge in [0.05, 0.1) is 12.7 Å². The molecule has 0 aromatic heterocycles. The zero-order chi connectivity index (χ0) is 10.1. The van der Waals surface area contributed by atoms with Crippen molar-refractivity contribution >= 4 is 10.4 Å². The molecule has 7 nitrogen and oxygen atoms in total. The molecule has 0 amide bonds. The first-order chi connectivity index (χ1) is 5.88. The van der Waals surface area contributed by atoms with Gasteiger partial charge in [-0.25, -0.2) is 4.18 Å². The fourth-order valence-electron chi connectivity index (χ4n) is 1.01. The molecule has 8 heteroatoms. The number of hydrogen-bond acceptors (Lipinski definition) is 6. The molecule has 3 N–H and O–H groups in total. The standard InChI is InChI=1S/C5H10O7S/c6-3-1-5(7)12-4(3)2-11-13(8,9)10/h3-7H,1-2H2,(H,8,9,10)/t3-,4?,5?/m0/s1. The second kappa shape index (κ2) is 3.86. The summed E-state index contributed by atoms with van der Waals surface area (Å²) in [4.78, 5) is 0. The van der Waals surface area contributed by atoms with Crippen LogP contribution in [0.1, 0.15) is 6.42 Å². The average molecular weight is 214 g/mol. The molecule has 0 spiro atoms. The van der Waals surface area contributed by atoms with Crippen molar-refractivity contribution in [3.05, 3.63) is 0 Å². The van der Waals surface area contributed by atoms with E-state index in [0.717, 1.165) is 0 Å². The van der Waals surface area contributed by atoms with Crippen LogP contribution >= 0.6 is 0 Å². The van der Waals surface area contributed by atoms with Crippen LogP contribution in [-0.4, -0.2) is 48.3 Å². The van der Waals surface area contributed by atoms with E-state index in [-0.39, 0.29) is 6.42 Å². The number of aliphatic hydroxyl groups excluding tert-OH is 2. The van der Waals surface area contributed by atoms with E-state index in [1.165, 1.54) is 0 Å². The number of hydrogen-bond donors (Lipinski definition) is 3. The number of rotatable bonds is 3. The smallest absolute Gasteiger partial charge is 0.390 e. The summed E-state index contributed by atoms with van der Waals surface area (Å²) in [6.07, 6.45) is -3.04. The van der Waals surface area contributed by atoms with Crippen molar-refractivity contribution in [2.75, 3.05) is 6.61 Å². The summed E-state index contributed by atoms with van der Waals surface area (Å²) in [6, 6.07) is 0. The molecule has 1 aliphatic heterocycles. The van der Waals surface area contributed by atoms with Crippen molar-refractivity contribution < 1.29 is 32.1 Å². The molecule has 0 aromatic carbocycles. The Labute approximate surface area is 74.8 Å². The Morgan fingerprint density at radius 3 is 2.46 bits per heavy atom. The van der Waals surface area contributed by atoms with Gasteiger partial charge in [0.2, 0.25) is 0 Å². The Kier molecular flexibility index (Phi) is 3.22. The first-order valence-electron chi connectivity index (χ1n) is 3.52. The average Bonchev–Trinajstić information content (AvgIpc) is 2.24. The Morgan fingerprint density at radius 2 is 2.08 bits per heavy atom. The van der Waals surface area contributed by atoms with Gasteiger partial charge in [0.15, 0.2) is 6.29 Å². The van der Waals surface area contributed by atoms with Gasteiger partial charge in [0.1, 0.15) is 6.10 Å². The van der Waals surface area contributed by atoms with E-state index in [9.17, 15) is 8.42 Å². The van der Waals surface area contributed by atoms with Crippen LogP contribution in [0.3, 0.4) is 0 Å². The Bertz CT molecular complexity index is 260. The maximum Gasteiger partial charge on any atom is 0.397 e. The fraction of sp³-hybridized carbons (Fsp3) is 1.00. The van der Waals surface area contributed by atoms with Gasteiger partial charge in [-0.05, 0) is 0 Å². The third-order valence-corrected chi connectivity index (χ3v) is 2.02. The van der Waals surface area contributed by atoms with Crippen molar-refractivity contribution in [2.45, 2.75) is 24.9 Å². The van der Waals surface area contributed by atoms with Crippen molar-refractivity contribution in [3.63, 3.8) is 0 Å². The van der Waals surface area contributed by atoms with Gasteiger partial charge in [-0.1, -0.05) is 0 Å². The Hall–Kier alpha value is -0.250. The molecule has 0 bridgehead atoms. The van der Waals surface area contributed by atoms with Crippen LogP contribution < -0.4 is 0 Å². The summed E-state index contributed by atoms with van der Waals surface area (Å²) >= 11 is 0. The quantitative estimate of drug-likeness (QED) is 0.478.